The Balaban J connectivity index is 1.22. The molecule has 2 aromatic heterocycles. The Morgan fingerprint density at radius 3 is 2.38 bits per heavy atom. The SMILES string of the molecule is O=S1COc2nc(N3CC4CN(c5ncc(Cl)cn5)CC4C3)nc(NC3(CO)CCC3)c21. The van der Waals surface area contributed by atoms with Gasteiger partial charge in [0.2, 0.25) is 17.8 Å². The first-order valence-corrected chi connectivity index (χ1v) is 12.5. The van der Waals surface area contributed by atoms with Gasteiger partial charge in [0.1, 0.15) is 15.7 Å². The third-order valence-electron chi connectivity index (χ3n) is 7.01. The summed E-state index contributed by atoms with van der Waals surface area (Å²) in [6, 6.07) is 0. The fourth-order valence-corrected chi connectivity index (χ4v) is 6.13. The van der Waals surface area contributed by atoms with Crippen molar-refractivity contribution in [2.24, 2.45) is 11.8 Å². The lowest BCUT2D eigenvalue weighted by Crippen LogP contribution is -2.48. The largest absolute Gasteiger partial charge is 0.463 e. The Labute approximate surface area is 192 Å². The van der Waals surface area contributed by atoms with E-state index in [2.05, 4.69) is 30.1 Å². The Hall–Kier alpha value is -2.24. The molecular formula is C20H24ClN7O3S. The molecule has 170 valence electrons. The molecule has 5 heterocycles. The molecule has 0 aromatic carbocycles. The minimum absolute atomic E-state index is 0.0189. The molecule has 6 rings (SSSR count). The Kier molecular flexibility index (Phi) is 4.88. The molecule has 2 saturated heterocycles. The highest BCUT2D eigenvalue weighted by Gasteiger charge is 2.43. The zero-order valence-electron chi connectivity index (χ0n) is 17.4. The van der Waals surface area contributed by atoms with Crippen molar-refractivity contribution in [2.45, 2.75) is 29.7 Å². The van der Waals surface area contributed by atoms with Crippen molar-refractivity contribution >= 4 is 40.1 Å². The zero-order chi connectivity index (χ0) is 21.9. The second-order valence-electron chi connectivity index (χ2n) is 9.06. The van der Waals surface area contributed by atoms with Crippen LogP contribution in [0.2, 0.25) is 5.02 Å². The molecule has 3 aliphatic heterocycles. The third-order valence-corrected chi connectivity index (χ3v) is 8.36. The van der Waals surface area contributed by atoms with Gasteiger partial charge < -0.3 is 25.0 Å². The number of hydrogen-bond acceptors (Lipinski definition) is 10. The van der Waals surface area contributed by atoms with E-state index < -0.39 is 16.3 Å². The van der Waals surface area contributed by atoms with Crippen molar-refractivity contribution in [1.29, 1.82) is 0 Å². The van der Waals surface area contributed by atoms with Crippen molar-refractivity contribution in [3.63, 3.8) is 0 Å². The normalized spacial score (nSPS) is 27.6. The number of fused-ring (bicyclic) bond motifs is 2. The molecule has 0 spiro atoms. The minimum atomic E-state index is -1.31. The molecule has 10 nitrogen and oxygen atoms in total. The van der Waals surface area contributed by atoms with Gasteiger partial charge in [0, 0.05) is 38.0 Å². The number of aliphatic hydroxyl groups excluding tert-OH is 1. The first kappa shape index (κ1) is 20.4. The lowest BCUT2D eigenvalue weighted by Gasteiger charge is -2.41. The quantitative estimate of drug-likeness (QED) is 0.652. The lowest BCUT2D eigenvalue weighted by molar-refractivity contribution is 0.143. The van der Waals surface area contributed by atoms with E-state index in [0.717, 1.165) is 45.4 Å². The van der Waals surface area contributed by atoms with Gasteiger partial charge in [-0.25, -0.2) is 9.97 Å². The van der Waals surface area contributed by atoms with E-state index in [1.807, 2.05) is 0 Å². The average molecular weight is 478 g/mol. The van der Waals surface area contributed by atoms with Crippen molar-refractivity contribution in [2.75, 3.05) is 53.8 Å². The molecular weight excluding hydrogens is 454 g/mol. The first-order chi connectivity index (χ1) is 15.5. The number of rotatable bonds is 5. The summed E-state index contributed by atoms with van der Waals surface area (Å²) in [5.74, 6) is 3.21. The summed E-state index contributed by atoms with van der Waals surface area (Å²) >= 11 is 5.91. The predicted octanol–water partition coefficient (Wildman–Crippen LogP) is 1.28. The second kappa shape index (κ2) is 7.67. The van der Waals surface area contributed by atoms with Gasteiger partial charge in [-0.1, -0.05) is 11.6 Å². The molecule has 2 aromatic rings. The van der Waals surface area contributed by atoms with Crippen LogP contribution in [0.5, 0.6) is 5.88 Å². The first-order valence-electron chi connectivity index (χ1n) is 10.8. The number of hydrogen-bond donors (Lipinski definition) is 2. The third kappa shape index (κ3) is 3.37. The number of ether oxygens (including phenoxy) is 1. The van der Waals surface area contributed by atoms with Crippen LogP contribution in [0.25, 0.3) is 0 Å². The van der Waals surface area contributed by atoms with E-state index in [9.17, 15) is 9.32 Å². The number of nitrogens with zero attached hydrogens (tertiary/aromatic N) is 6. The van der Waals surface area contributed by atoms with Gasteiger partial charge in [-0.15, -0.1) is 0 Å². The molecule has 4 aliphatic rings. The zero-order valence-corrected chi connectivity index (χ0v) is 19.0. The van der Waals surface area contributed by atoms with Crippen LogP contribution in [0.1, 0.15) is 19.3 Å². The highest BCUT2D eigenvalue weighted by atomic mass is 35.5. The number of anilines is 3. The molecule has 1 aliphatic carbocycles. The predicted molar refractivity (Wildman–Crippen MR) is 120 cm³/mol. The molecule has 3 fully saturated rings. The van der Waals surface area contributed by atoms with E-state index in [-0.39, 0.29) is 12.5 Å². The van der Waals surface area contributed by atoms with Gasteiger partial charge in [0.05, 0.1) is 29.6 Å². The fourth-order valence-electron chi connectivity index (χ4n) is 5.08. The monoisotopic (exact) mass is 477 g/mol. The Bertz CT molecular complexity index is 1050. The summed E-state index contributed by atoms with van der Waals surface area (Å²) in [7, 11) is -1.31. The van der Waals surface area contributed by atoms with E-state index in [0.29, 0.717) is 45.3 Å². The van der Waals surface area contributed by atoms with Gasteiger partial charge >= 0.3 is 0 Å². The topological polar surface area (TPSA) is 117 Å². The number of aromatic nitrogens is 4. The maximum absolute atomic E-state index is 12.5. The van der Waals surface area contributed by atoms with Gasteiger partial charge in [-0.2, -0.15) is 9.97 Å². The van der Waals surface area contributed by atoms with Crippen LogP contribution in [0.15, 0.2) is 17.3 Å². The van der Waals surface area contributed by atoms with Crippen LogP contribution in [0.3, 0.4) is 0 Å². The summed E-state index contributed by atoms with van der Waals surface area (Å²) < 4.78 is 18.1. The van der Waals surface area contributed by atoms with Crippen LogP contribution in [-0.4, -0.2) is 73.5 Å². The number of halogens is 1. The van der Waals surface area contributed by atoms with E-state index in [1.54, 1.807) is 12.4 Å². The van der Waals surface area contributed by atoms with Crippen LogP contribution in [0, 0.1) is 11.8 Å². The average Bonchev–Trinajstić information content (AvgIpc) is 3.44. The van der Waals surface area contributed by atoms with E-state index >= 15 is 0 Å². The van der Waals surface area contributed by atoms with Gasteiger partial charge in [-0.3, -0.25) is 4.21 Å². The number of nitrogens with one attached hydrogen (secondary N) is 1. The van der Waals surface area contributed by atoms with Gasteiger partial charge in [0.15, 0.2) is 11.8 Å². The summed E-state index contributed by atoms with van der Waals surface area (Å²) in [6.07, 6.45) is 6.03. The standard InChI is InChI=1S/C20H24ClN7O3S/c21-14-4-22-18(23-5-14)27-6-12-8-28(9-13(12)7-27)19-24-16(26-20(10-29)2-1-3-20)15-17(25-19)31-11-32(15)30/h4-5,12-13,29H,1-3,6-11H2,(H,24,25,26). The highest BCUT2D eigenvalue weighted by Crippen LogP contribution is 2.41. The number of aliphatic hydroxyl groups is 1. The van der Waals surface area contributed by atoms with E-state index in [1.165, 1.54) is 0 Å². The van der Waals surface area contributed by atoms with Crippen LogP contribution in [-0.2, 0) is 10.8 Å². The smallest absolute Gasteiger partial charge is 0.238 e. The van der Waals surface area contributed by atoms with Crippen molar-refractivity contribution < 1.29 is 14.1 Å². The minimum Gasteiger partial charge on any atom is -0.463 e. The summed E-state index contributed by atoms with van der Waals surface area (Å²) in [4.78, 5) is 23.0. The Morgan fingerprint density at radius 1 is 1.12 bits per heavy atom. The maximum atomic E-state index is 12.5. The lowest BCUT2D eigenvalue weighted by atomic mass is 9.77. The molecule has 1 saturated carbocycles. The molecule has 3 unspecified atom stereocenters. The van der Waals surface area contributed by atoms with Crippen LogP contribution >= 0.6 is 11.6 Å². The second-order valence-corrected chi connectivity index (χ2v) is 10.8. The molecule has 12 heteroatoms. The van der Waals surface area contributed by atoms with Crippen molar-refractivity contribution in [1.82, 2.24) is 19.9 Å². The molecule has 0 bridgehead atoms. The van der Waals surface area contributed by atoms with Crippen molar-refractivity contribution in [3.8, 4) is 5.88 Å². The van der Waals surface area contributed by atoms with Crippen molar-refractivity contribution in [3.05, 3.63) is 17.4 Å². The fraction of sp³-hybridized carbons (Fsp3) is 0.600. The summed E-state index contributed by atoms with van der Waals surface area (Å²) in [5, 5.41) is 13.8. The summed E-state index contributed by atoms with van der Waals surface area (Å²) in [6.45, 7) is 3.40. The highest BCUT2D eigenvalue weighted by molar-refractivity contribution is 7.85. The maximum Gasteiger partial charge on any atom is 0.238 e. The van der Waals surface area contributed by atoms with Crippen LogP contribution < -0.4 is 19.9 Å². The molecule has 32 heavy (non-hydrogen) atoms. The molecule has 2 N–H and O–H groups in total. The van der Waals surface area contributed by atoms with Crippen LogP contribution in [0.4, 0.5) is 17.7 Å². The molecule has 0 radical (unpaired) electrons. The summed E-state index contributed by atoms with van der Waals surface area (Å²) in [5.41, 5.74) is -0.396. The Morgan fingerprint density at radius 2 is 1.78 bits per heavy atom. The van der Waals surface area contributed by atoms with Gasteiger partial charge in [0.25, 0.3) is 0 Å². The molecule has 3 atom stereocenters. The molecule has 0 amide bonds. The van der Waals surface area contributed by atoms with Gasteiger partial charge in [-0.05, 0) is 19.3 Å². The van der Waals surface area contributed by atoms with E-state index in [4.69, 9.17) is 21.3 Å².